The first-order valence-corrected chi connectivity index (χ1v) is 10.8. The van der Waals surface area contributed by atoms with Gasteiger partial charge in [0, 0.05) is 30.6 Å². The first-order chi connectivity index (χ1) is 14.6. The summed E-state index contributed by atoms with van der Waals surface area (Å²) in [4.78, 5) is 16.2. The molecule has 1 N–H and O–H groups in total. The van der Waals surface area contributed by atoms with Crippen molar-refractivity contribution in [2.45, 2.75) is 43.8 Å². The molecule has 2 fully saturated rings. The maximum atomic E-state index is 13.7. The third kappa shape index (κ3) is 3.00. The van der Waals surface area contributed by atoms with Crippen molar-refractivity contribution in [1.82, 2.24) is 14.8 Å². The van der Waals surface area contributed by atoms with Gasteiger partial charge in [-0.25, -0.2) is 0 Å². The van der Waals surface area contributed by atoms with Crippen LogP contribution in [0.2, 0.25) is 0 Å². The minimum atomic E-state index is 0.0154. The molecule has 0 spiro atoms. The molecule has 2 unspecified atom stereocenters. The standard InChI is InChI=1S/C25H29N3O2/c1-27-18-12-13-19(27)15-17(14-18)26-25(29)22-20-10-7-11-21(30-3)24(20)28(2)23(22)16-8-5-4-6-9-16/h4-11,17-19H,12-15H2,1-3H3,(H,26,29). The van der Waals surface area contributed by atoms with Gasteiger partial charge in [-0.3, -0.25) is 4.79 Å². The molecule has 0 radical (unpaired) electrons. The van der Waals surface area contributed by atoms with Crippen LogP contribution in [0.1, 0.15) is 36.0 Å². The summed E-state index contributed by atoms with van der Waals surface area (Å²) in [6.45, 7) is 0. The molecule has 3 aromatic rings. The fourth-order valence-corrected chi connectivity index (χ4v) is 5.59. The van der Waals surface area contributed by atoms with Gasteiger partial charge in [-0.1, -0.05) is 42.5 Å². The van der Waals surface area contributed by atoms with E-state index < -0.39 is 0 Å². The lowest BCUT2D eigenvalue weighted by atomic mass is 9.97. The van der Waals surface area contributed by atoms with Crippen LogP contribution < -0.4 is 10.1 Å². The van der Waals surface area contributed by atoms with E-state index in [4.69, 9.17) is 4.74 Å². The number of aromatic nitrogens is 1. The summed E-state index contributed by atoms with van der Waals surface area (Å²) in [6, 6.07) is 17.5. The zero-order chi connectivity index (χ0) is 20.8. The lowest BCUT2D eigenvalue weighted by Crippen LogP contribution is -2.48. The van der Waals surface area contributed by atoms with E-state index in [2.05, 4.69) is 34.0 Å². The summed E-state index contributed by atoms with van der Waals surface area (Å²) >= 11 is 0. The third-order valence-electron chi connectivity index (χ3n) is 7.10. The van der Waals surface area contributed by atoms with Crippen LogP contribution in [0.15, 0.2) is 48.5 Å². The molecule has 2 bridgehead atoms. The van der Waals surface area contributed by atoms with Crippen molar-refractivity contribution in [1.29, 1.82) is 0 Å². The Kier molecular flexibility index (Phi) is 4.78. The molecule has 5 nitrogen and oxygen atoms in total. The van der Waals surface area contributed by atoms with Gasteiger partial charge in [0.1, 0.15) is 5.75 Å². The average Bonchev–Trinajstić information content (AvgIpc) is 3.16. The number of hydrogen-bond donors (Lipinski definition) is 1. The highest BCUT2D eigenvalue weighted by Crippen LogP contribution is 2.38. The van der Waals surface area contributed by atoms with Crippen LogP contribution in [0.3, 0.4) is 0 Å². The Bertz CT molecular complexity index is 1070. The predicted molar refractivity (Wildman–Crippen MR) is 120 cm³/mol. The molecule has 5 rings (SSSR count). The van der Waals surface area contributed by atoms with E-state index >= 15 is 0 Å². The molecule has 1 aromatic heterocycles. The van der Waals surface area contributed by atoms with Gasteiger partial charge in [-0.15, -0.1) is 0 Å². The van der Waals surface area contributed by atoms with Gasteiger partial charge in [0.15, 0.2) is 0 Å². The molecule has 156 valence electrons. The molecule has 2 aliphatic rings. The monoisotopic (exact) mass is 403 g/mol. The summed E-state index contributed by atoms with van der Waals surface area (Å²) < 4.78 is 7.73. The molecule has 3 heterocycles. The van der Waals surface area contributed by atoms with Gasteiger partial charge in [0.2, 0.25) is 0 Å². The fraction of sp³-hybridized carbons (Fsp3) is 0.400. The van der Waals surface area contributed by atoms with Crippen LogP contribution in [-0.2, 0) is 7.05 Å². The molecule has 30 heavy (non-hydrogen) atoms. The Hall–Kier alpha value is -2.79. The Morgan fingerprint density at radius 2 is 1.70 bits per heavy atom. The molecule has 2 aromatic carbocycles. The summed E-state index contributed by atoms with van der Waals surface area (Å²) in [6.07, 6.45) is 4.56. The SMILES string of the molecule is COc1cccc2c(C(=O)NC3CC4CCC(C3)N4C)c(-c3ccccc3)n(C)c12. The predicted octanol–water partition coefficient (Wildman–Crippen LogP) is 4.21. The van der Waals surface area contributed by atoms with E-state index in [1.165, 1.54) is 12.8 Å². The lowest BCUT2D eigenvalue weighted by molar-refractivity contribution is 0.0884. The number of amides is 1. The van der Waals surface area contributed by atoms with Crippen molar-refractivity contribution in [2.24, 2.45) is 7.05 Å². The number of carbonyl (C=O) groups excluding carboxylic acids is 1. The topological polar surface area (TPSA) is 46.5 Å². The van der Waals surface area contributed by atoms with E-state index in [1.807, 2.05) is 43.4 Å². The zero-order valence-electron chi connectivity index (χ0n) is 17.9. The second kappa shape index (κ2) is 7.47. The van der Waals surface area contributed by atoms with Crippen molar-refractivity contribution in [3.63, 3.8) is 0 Å². The Labute approximate surface area is 177 Å². The normalized spacial score (nSPS) is 23.6. The largest absolute Gasteiger partial charge is 0.495 e. The number of benzene rings is 2. The van der Waals surface area contributed by atoms with Crippen molar-refractivity contribution in [2.75, 3.05) is 14.2 Å². The minimum Gasteiger partial charge on any atom is -0.495 e. The van der Waals surface area contributed by atoms with Crippen LogP contribution in [0.4, 0.5) is 0 Å². The molecule has 1 amide bonds. The molecule has 5 heteroatoms. The number of piperidine rings is 1. The minimum absolute atomic E-state index is 0.0154. The number of ether oxygens (including phenoxy) is 1. The molecule has 0 saturated carbocycles. The third-order valence-corrected chi connectivity index (χ3v) is 7.10. The molecule has 0 aliphatic carbocycles. The van der Waals surface area contributed by atoms with Crippen molar-refractivity contribution >= 4 is 16.8 Å². The number of carbonyl (C=O) groups is 1. The Morgan fingerprint density at radius 3 is 2.37 bits per heavy atom. The lowest BCUT2D eigenvalue weighted by Gasteiger charge is -2.36. The highest BCUT2D eigenvalue weighted by molar-refractivity contribution is 6.14. The highest BCUT2D eigenvalue weighted by Gasteiger charge is 2.39. The van der Waals surface area contributed by atoms with E-state index in [1.54, 1.807) is 7.11 Å². The number of rotatable bonds is 4. The number of aryl methyl sites for hydroxylation is 1. The summed E-state index contributed by atoms with van der Waals surface area (Å²) in [5.41, 5.74) is 3.66. The quantitative estimate of drug-likeness (QED) is 0.710. The van der Waals surface area contributed by atoms with Gasteiger partial charge in [0.25, 0.3) is 5.91 Å². The molecule has 2 saturated heterocycles. The van der Waals surface area contributed by atoms with Crippen LogP contribution in [0.25, 0.3) is 22.2 Å². The number of nitrogens with one attached hydrogen (secondary N) is 1. The van der Waals surface area contributed by atoms with E-state index in [-0.39, 0.29) is 11.9 Å². The van der Waals surface area contributed by atoms with Crippen molar-refractivity contribution < 1.29 is 9.53 Å². The number of fused-ring (bicyclic) bond motifs is 3. The summed E-state index contributed by atoms with van der Waals surface area (Å²) in [7, 11) is 5.92. The van der Waals surface area contributed by atoms with Crippen LogP contribution in [0.5, 0.6) is 5.75 Å². The average molecular weight is 404 g/mol. The van der Waals surface area contributed by atoms with Crippen LogP contribution in [-0.4, -0.2) is 47.7 Å². The molecule has 2 atom stereocenters. The first kappa shape index (κ1) is 19.2. The number of nitrogens with zero attached hydrogens (tertiary/aromatic N) is 2. The Morgan fingerprint density at radius 1 is 1.00 bits per heavy atom. The van der Waals surface area contributed by atoms with Crippen LogP contribution in [0, 0.1) is 0 Å². The maximum absolute atomic E-state index is 13.7. The number of methoxy groups -OCH3 is 1. The van der Waals surface area contributed by atoms with Gasteiger partial charge < -0.3 is 19.5 Å². The van der Waals surface area contributed by atoms with E-state index in [0.717, 1.165) is 46.3 Å². The van der Waals surface area contributed by atoms with Gasteiger partial charge in [-0.2, -0.15) is 0 Å². The Balaban J connectivity index is 1.58. The van der Waals surface area contributed by atoms with Crippen molar-refractivity contribution in [3.8, 4) is 17.0 Å². The van der Waals surface area contributed by atoms with E-state index in [9.17, 15) is 4.79 Å². The van der Waals surface area contributed by atoms with Crippen molar-refractivity contribution in [3.05, 3.63) is 54.1 Å². The molecular weight excluding hydrogens is 374 g/mol. The first-order valence-electron chi connectivity index (χ1n) is 10.8. The zero-order valence-corrected chi connectivity index (χ0v) is 17.9. The smallest absolute Gasteiger partial charge is 0.254 e. The second-order valence-electron chi connectivity index (χ2n) is 8.70. The maximum Gasteiger partial charge on any atom is 0.254 e. The molecule has 2 aliphatic heterocycles. The van der Waals surface area contributed by atoms with Gasteiger partial charge >= 0.3 is 0 Å². The summed E-state index contributed by atoms with van der Waals surface area (Å²) in [5.74, 6) is 0.797. The number of para-hydroxylation sites is 1. The van der Waals surface area contributed by atoms with Gasteiger partial charge in [0.05, 0.1) is 23.9 Å². The van der Waals surface area contributed by atoms with Crippen LogP contribution >= 0.6 is 0 Å². The summed E-state index contributed by atoms with van der Waals surface area (Å²) in [5, 5.41) is 4.32. The van der Waals surface area contributed by atoms with E-state index in [0.29, 0.717) is 12.1 Å². The molecular formula is C25H29N3O2. The second-order valence-corrected chi connectivity index (χ2v) is 8.70. The fourth-order valence-electron chi connectivity index (χ4n) is 5.59. The number of hydrogen-bond acceptors (Lipinski definition) is 3. The van der Waals surface area contributed by atoms with Gasteiger partial charge in [-0.05, 0) is 44.4 Å². The highest BCUT2D eigenvalue weighted by atomic mass is 16.5.